The molecular formula is C18H26ClN3O. The number of halogens is 1. The van der Waals surface area contributed by atoms with Crippen LogP contribution >= 0.6 is 12.4 Å². The fourth-order valence-electron chi connectivity index (χ4n) is 3.45. The second kappa shape index (κ2) is 7.45. The average Bonchev–Trinajstić information content (AvgIpc) is 3.16. The van der Waals surface area contributed by atoms with Crippen molar-refractivity contribution in [2.45, 2.75) is 57.4 Å². The van der Waals surface area contributed by atoms with Crippen molar-refractivity contribution in [3.05, 3.63) is 47.1 Å². The fraction of sp³-hybridized carbons (Fsp3) is 0.556. The Hall–Kier alpha value is -1.39. The molecule has 1 aliphatic carbocycles. The Morgan fingerprint density at radius 2 is 2.04 bits per heavy atom. The van der Waals surface area contributed by atoms with Crippen molar-refractivity contribution >= 4 is 12.4 Å². The van der Waals surface area contributed by atoms with Gasteiger partial charge in [0, 0.05) is 12.5 Å². The Bertz CT molecular complexity index is 635. The Morgan fingerprint density at radius 3 is 2.70 bits per heavy atom. The van der Waals surface area contributed by atoms with Crippen molar-refractivity contribution in [1.29, 1.82) is 0 Å². The van der Waals surface area contributed by atoms with Crippen molar-refractivity contribution < 1.29 is 4.52 Å². The van der Waals surface area contributed by atoms with E-state index in [4.69, 9.17) is 9.51 Å². The minimum absolute atomic E-state index is 0. The minimum Gasteiger partial charge on any atom is -0.338 e. The number of hydrogen-bond donors (Lipinski definition) is 1. The van der Waals surface area contributed by atoms with E-state index in [1.54, 1.807) is 0 Å². The van der Waals surface area contributed by atoms with Gasteiger partial charge in [0.05, 0.1) is 5.41 Å². The number of aromatic nitrogens is 2. The first-order chi connectivity index (χ1) is 10.6. The van der Waals surface area contributed by atoms with E-state index in [1.165, 1.54) is 24.0 Å². The maximum atomic E-state index is 5.70. The number of likely N-dealkylation sites (N-methyl/N-ethyl adjacent to an activating group) is 1. The van der Waals surface area contributed by atoms with Gasteiger partial charge in [-0.3, -0.25) is 0 Å². The highest BCUT2D eigenvalue weighted by Crippen LogP contribution is 2.45. The van der Waals surface area contributed by atoms with Gasteiger partial charge in [-0.25, -0.2) is 0 Å². The number of benzene rings is 1. The van der Waals surface area contributed by atoms with Crippen molar-refractivity contribution in [3.8, 4) is 0 Å². The maximum absolute atomic E-state index is 5.70. The van der Waals surface area contributed by atoms with Gasteiger partial charge in [0.25, 0.3) is 0 Å². The van der Waals surface area contributed by atoms with Crippen LogP contribution in [0.1, 0.15) is 55.4 Å². The number of rotatable bonds is 5. The van der Waals surface area contributed by atoms with Gasteiger partial charge in [-0.1, -0.05) is 47.8 Å². The Morgan fingerprint density at radius 1 is 1.30 bits per heavy atom. The first-order valence-corrected chi connectivity index (χ1v) is 8.21. The predicted molar refractivity (Wildman–Crippen MR) is 94.2 cm³/mol. The van der Waals surface area contributed by atoms with Crippen LogP contribution in [-0.2, 0) is 11.8 Å². The third-order valence-corrected chi connectivity index (χ3v) is 4.89. The zero-order valence-electron chi connectivity index (χ0n) is 14.1. The lowest BCUT2D eigenvalue weighted by Gasteiger charge is -2.25. The second-order valence-corrected chi connectivity index (χ2v) is 6.57. The first kappa shape index (κ1) is 18.0. The van der Waals surface area contributed by atoms with Crippen LogP contribution in [0.25, 0.3) is 0 Å². The van der Waals surface area contributed by atoms with E-state index in [-0.39, 0.29) is 17.8 Å². The van der Waals surface area contributed by atoms with Crippen LogP contribution in [0.4, 0.5) is 0 Å². The van der Waals surface area contributed by atoms with E-state index >= 15 is 0 Å². The number of nitrogens with zero attached hydrogens (tertiary/aromatic N) is 2. The molecule has 126 valence electrons. The molecule has 1 unspecified atom stereocenters. The van der Waals surface area contributed by atoms with Crippen LogP contribution in [0.3, 0.4) is 0 Å². The molecule has 1 atom stereocenters. The van der Waals surface area contributed by atoms with E-state index < -0.39 is 0 Å². The van der Waals surface area contributed by atoms with E-state index in [1.807, 2.05) is 7.05 Å². The largest absolute Gasteiger partial charge is 0.338 e. The van der Waals surface area contributed by atoms with Gasteiger partial charge in [-0.2, -0.15) is 4.98 Å². The highest BCUT2D eigenvalue weighted by Gasteiger charge is 2.42. The summed E-state index contributed by atoms with van der Waals surface area (Å²) in [6.07, 6.45) is 5.43. The van der Waals surface area contributed by atoms with Crippen molar-refractivity contribution in [3.63, 3.8) is 0 Å². The van der Waals surface area contributed by atoms with Gasteiger partial charge in [-0.15, -0.1) is 12.4 Å². The van der Waals surface area contributed by atoms with E-state index in [0.717, 1.165) is 31.0 Å². The fourth-order valence-corrected chi connectivity index (χ4v) is 3.45. The maximum Gasteiger partial charge on any atom is 0.237 e. The molecule has 1 saturated carbocycles. The van der Waals surface area contributed by atoms with Crippen LogP contribution in [0.5, 0.6) is 0 Å². The standard InChI is InChI=1S/C18H25N3O.ClH/c1-13-7-6-8-15(11-13)18(9-4-5-10-18)17-20-16(21-22-17)12-14(2)19-3;/h6-8,11,14,19H,4-5,9-10,12H2,1-3H3;1H. The van der Waals surface area contributed by atoms with Crippen molar-refractivity contribution in [2.24, 2.45) is 0 Å². The molecule has 1 heterocycles. The highest BCUT2D eigenvalue weighted by molar-refractivity contribution is 5.85. The molecule has 1 aliphatic rings. The normalized spacial score (nSPS) is 17.7. The topological polar surface area (TPSA) is 51.0 Å². The van der Waals surface area contributed by atoms with E-state index in [0.29, 0.717) is 6.04 Å². The zero-order valence-corrected chi connectivity index (χ0v) is 14.9. The van der Waals surface area contributed by atoms with Gasteiger partial charge in [0.1, 0.15) is 0 Å². The molecule has 1 fully saturated rings. The van der Waals surface area contributed by atoms with Crippen LogP contribution < -0.4 is 5.32 Å². The van der Waals surface area contributed by atoms with Crippen LogP contribution in [0.15, 0.2) is 28.8 Å². The lowest BCUT2D eigenvalue weighted by molar-refractivity contribution is 0.308. The molecule has 4 nitrogen and oxygen atoms in total. The molecule has 0 aliphatic heterocycles. The summed E-state index contributed by atoms with van der Waals surface area (Å²) in [5.74, 6) is 1.60. The van der Waals surface area contributed by atoms with Crippen molar-refractivity contribution in [2.75, 3.05) is 7.05 Å². The summed E-state index contributed by atoms with van der Waals surface area (Å²) in [6.45, 7) is 4.27. The molecule has 23 heavy (non-hydrogen) atoms. The zero-order chi connectivity index (χ0) is 15.6. The molecule has 2 aromatic rings. The van der Waals surface area contributed by atoms with E-state index in [2.05, 4.69) is 48.6 Å². The Kier molecular flexibility index (Phi) is 5.82. The highest BCUT2D eigenvalue weighted by atomic mass is 35.5. The van der Waals surface area contributed by atoms with Gasteiger partial charge < -0.3 is 9.84 Å². The summed E-state index contributed by atoms with van der Waals surface area (Å²) in [4.78, 5) is 4.74. The second-order valence-electron chi connectivity index (χ2n) is 6.57. The monoisotopic (exact) mass is 335 g/mol. The molecule has 5 heteroatoms. The molecule has 0 saturated heterocycles. The number of aryl methyl sites for hydroxylation is 1. The first-order valence-electron chi connectivity index (χ1n) is 8.21. The van der Waals surface area contributed by atoms with Gasteiger partial charge in [-0.05, 0) is 39.3 Å². The molecule has 3 rings (SSSR count). The summed E-state index contributed by atoms with van der Waals surface area (Å²) >= 11 is 0. The summed E-state index contributed by atoms with van der Waals surface area (Å²) in [5.41, 5.74) is 2.52. The van der Waals surface area contributed by atoms with Gasteiger partial charge in [0.2, 0.25) is 5.89 Å². The lowest BCUT2D eigenvalue weighted by Crippen LogP contribution is -2.25. The summed E-state index contributed by atoms with van der Waals surface area (Å²) in [6, 6.07) is 9.10. The molecule has 0 spiro atoms. The summed E-state index contributed by atoms with van der Waals surface area (Å²) < 4.78 is 5.70. The predicted octanol–water partition coefficient (Wildman–Crippen LogP) is 3.81. The molecule has 0 bridgehead atoms. The smallest absolute Gasteiger partial charge is 0.237 e. The summed E-state index contributed by atoms with van der Waals surface area (Å²) in [7, 11) is 1.96. The molecule has 0 radical (unpaired) electrons. The van der Waals surface area contributed by atoms with Crippen molar-refractivity contribution in [1.82, 2.24) is 15.5 Å². The third kappa shape index (κ3) is 3.59. The SMILES string of the molecule is CNC(C)Cc1noc(C2(c3cccc(C)c3)CCCC2)n1.Cl. The Balaban J connectivity index is 0.00000192. The summed E-state index contributed by atoms with van der Waals surface area (Å²) in [5, 5.41) is 7.43. The van der Waals surface area contributed by atoms with Crippen LogP contribution in [-0.4, -0.2) is 23.2 Å². The molecule has 1 aromatic carbocycles. The molecular weight excluding hydrogens is 310 g/mol. The molecule has 1 N–H and O–H groups in total. The average molecular weight is 336 g/mol. The quantitative estimate of drug-likeness (QED) is 0.902. The van der Waals surface area contributed by atoms with Gasteiger partial charge in [0.15, 0.2) is 5.82 Å². The number of hydrogen-bond acceptors (Lipinski definition) is 4. The van der Waals surface area contributed by atoms with Crippen LogP contribution in [0, 0.1) is 6.92 Å². The third-order valence-electron chi connectivity index (χ3n) is 4.89. The van der Waals surface area contributed by atoms with Gasteiger partial charge >= 0.3 is 0 Å². The number of nitrogens with one attached hydrogen (secondary N) is 1. The minimum atomic E-state index is -0.0832. The molecule has 0 amide bonds. The lowest BCUT2D eigenvalue weighted by atomic mass is 9.78. The molecule has 1 aromatic heterocycles. The van der Waals surface area contributed by atoms with Crippen LogP contribution in [0.2, 0.25) is 0 Å². The van der Waals surface area contributed by atoms with E-state index in [9.17, 15) is 0 Å². The Labute approximate surface area is 144 Å².